The molecule has 0 unspecified atom stereocenters. The number of rotatable bonds is 2. The normalized spacial score (nSPS) is 11.4. The first-order valence-electron chi connectivity index (χ1n) is 5.20. The van der Waals surface area contributed by atoms with E-state index in [-0.39, 0.29) is 16.5 Å². The third-order valence-electron chi connectivity index (χ3n) is 2.28. The van der Waals surface area contributed by atoms with Crippen molar-refractivity contribution in [1.82, 2.24) is 0 Å². The lowest BCUT2D eigenvalue weighted by Gasteiger charge is -2.10. The van der Waals surface area contributed by atoms with Crippen molar-refractivity contribution in [2.75, 3.05) is 5.32 Å². The lowest BCUT2D eigenvalue weighted by Crippen LogP contribution is -2.12. The van der Waals surface area contributed by atoms with Gasteiger partial charge in [0.15, 0.2) is 10.4 Å². The molecule has 0 fully saturated rings. The Bertz CT molecular complexity index is 654. The number of hydrogen-bond acceptors (Lipinski definition) is 2. The first kappa shape index (κ1) is 14.9. The Morgan fingerprint density at radius 1 is 1.25 bits per heavy atom. The van der Waals surface area contributed by atoms with Crippen molar-refractivity contribution >= 4 is 39.1 Å². The van der Waals surface area contributed by atoms with Crippen LogP contribution in [0.4, 0.5) is 18.9 Å². The molecule has 0 radical (unpaired) electrons. The minimum absolute atomic E-state index is 0.0367. The van der Waals surface area contributed by atoms with Crippen LogP contribution in [0.5, 0.6) is 0 Å². The summed E-state index contributed by atoms with van der Waals surface area (Å²) in [6.45, 7) is 0. The zero-order valence-corrected chi connectivity index (χ0v) is 11.9. The van der Waals surface area contributed by atoms with Crippen LogP contribution in [0.25, 0.3) is 0 Å². The van der Waals surface area contributed by atoms with Crippen molar-refractivity contribution in [3.63, 3.8) is 0 Å². The van der Waals surface area contributed by atoms with Gasteiger partial charge < -0.3 is 9.73 Å². The first-order chi connectivity index (χ1) is 9.25. The van der Waals surface area contributed by atoms with Gasteiger partial charge in [0.05, 0.1) is 5.56 Å². The quantitative estimate of drug-likeness (QED) is 0.813. The van der Waals surface area contributed by atoms with E-state index in [0.29, 0.717) is 4.67 Å². The van der Waals surface area contributed by atoms with Crippen molar-refractivity contribution in [1.29, 1.82) is 0 Å². The molecule has 0 aliphatic rings. The number of nitrogens with one attached hydrogen (secondary N) is 1. The molecule has 1 aromatic carbocycles. The van der Waals surface area contributed by atoms with Gasteiger partial charge in [0.1, 0.15) is 0 Å². The number of halogens is 5. The van der Waals surface area contributed by atoms with Crippen molar-refractivity contribution in [3.8, 4) is 0 Å². The van der Waals surface area contributed by atoms with Crippen molar-refractivity contribution in [2.24, 2.45) is 0 Å². The lowest BCUT2D eigenvalue weighted by atomic mass is 10.2. The van der Waals surface area contributed by atoms with Crippen LogP contribution in [0.1, 0.15) is 16.1 Å². The number of hydrogen-bond donors (Lipinski definition) is 1. The highest BCUT2D eigenvalue weighted by molar-refractivity contribution is 9.10. The second-order valence-corrected chi connectivity index (χ2v) is 5.00. The van der Waals surface area contributed by atoms with Crippen molar-refractivity contribution in [2.45, 2.75) is 6.18 Å². The summed E-state index contributed by atoms with van der Waals surface area (Å²) in [4.78, 5) is 11.7. The third kappa shape index (κ3) is 3.55. The summed E-state index contributed by atoms with van der Waals surface area (Å²) in [6.07, 6.45) is -4.54. The first-order valence-corrected chi connectivity index (χ1v) is 6.37. The molecule has 3 nitrogen and oxygen atoms in total. The average molecular weight is 369 g/mol. The van der Waals surface area contributed by atoms with Crippen LogP contribution in [0.15, 0.2) is 39.4 Å². The van der Waals surface area contributed by atoms with Crippen LogP contribution < -0.4 is 5.32 Å². The molecular weight excluding hydrogens is 362 g/mol. The van der Waals surface area contributed by atoms with E-state index in [0.717, 1.165) is 12.1 Å². The van der Waals surface area contributed by atoms with Gasteiger partial charge in [-0.2, -0.15) is 13.2 Å². The standard InChI is InChI=1S/C12H6BrClF3NO2/c13-10-2-1-9(20-10)11(19)18-8-4-6(12(15,16)17)3-7(14)5-8/h1-5H,(H,18,19). The van der Waals surface area contributed by atoms with Crippen LogP contribution in [0.2, 0.25) is 5.02 Å². The van der Waals surface area contributed by atoms with E-state index in [1.165, 1.54) is 18.2 Å². The summed E-state index contributed by atoms with van der Waals surface area (Å²) in [5.74, 6) is -0.712. The Hall–Kier alpha value is -1.47. The zero-order chi connectivity index (χ0) is 14.9. The van der Waals surface area contributed by atoms with E-state index < -0.39 is 17.6 Å². The molecule has 1 amide bonds. The van der Waals surface area contributed by atoms with Crippen molar-refractivity contribution < 1.29 is 22.4 Å². The van der Waals surface area contributed by atoms with Gasteiger partial charge in [0.2, 0.25) is 0 Å². The second-order valence-electron chi connectivity index (χ2n) is 3.78. The molecule has 0 bridgehead atoms. The summed E-state index contributed by atoms with van der Waals surface area (Å²) in [7, 11) is 0. The van der Waals surface area contributed by atoms with Gasteiger partial charge >= 0.3 is 6.18 Å². The highest BCUT2D eigenvalue weighted by Gasteiger charge is 2.31. The van der Waals surface area contributed by atoms with E-state index in [4.69, 9.17) is 16.0 Å². The van der Waals surface area contributed by atoms with Gasteiger partial charge in [-0.1, -0.05) is 11.6 Å². The summed E-state index contributed by atoms with van der Waals surface area (Å²) < 4.78 is 43.2. The summed E-state index contributed by atoms with van der Waals surface area (Å²) >= 11 is 8.63. The molecule has 0 spiro atoms. The van der Waals surface area contributed by atoms with Crippen LogP contribution in [0.3, 0.4) is 0 Å². The van der Waals surface area contributed by atoms with Gasteiger partial charge in [-0.25, -0.2) is 0 Å². The topological polar surface area (TPSA) is 42.2 Å². The van der Waals surface area contributed by atoms with Gasteiger partial charge in [-0.15, -0.1) is 0 Å². The average Bonchev–Trinajstić information content (AvgIpc) is 2.74. The lowest BCUT2D eigenvalue weighted by molar-refractivity contribution is -0.137. The molecular formula is C12H6BrClF3NO2. The Morgan fingerprint density at radius 2 is 1.95 bits per heavy atom. The fourth-order valence-electron chi connectivity index (χ4n) is 1.45. The molecule has 0 atom stereocenters. The Kier molecular flexibility index (Phi) is 4.10. The summed E-state index contributed by atoms with van der Waals surface area (Å²) in [5, 5.41) is 2.16. The molecule has 2 aromatic rings. The maximum atomic E-state index is 12.6. The molecule has 0 saturated carbocycles. The maximum Gasteiger partial charge on any atom is 0.416 e. The summed E-state index contributed by atoms with van der Waals surface area (Å²) in [5.41, 5.74) is -1.01. The number of alkyl halides is 3. The monoisotopic (exact) mass is 367 g/mol. The van der Waals surface area contributed by atoms with E-state index in [1.54, 1.807) is 0 Å². The fourth-order valence-corrected chi connectivity index (χ4v) is 2.00. The van der Waals surface area contributed by atoms with Crippen LogP contribution in [-0.2, 0) is 6.18 Å². The number of carbonyl (C=O) groups is 1. The predicted octanol–water partition coefficient (Wildman–Crippen LogP) is 4.97. The maximum absolute atomic E-state index is 12.6. The SMILES string of the molecule is O=C(Nc1cc(Cl)cc(C(F)(F)F)c1)c1ccc(Br)o1. The molecule has 106 valence electrons. The molecule has 0 aliphatic carbocycles. The molecule has 1 N–H and O–H groups in total. The molecule has 0 saturated heterocycles. The Morgan fingerprint density at radius 3 is 2.50 bits per heavy atom. The highest BCUT2D eigenvalue weighted by atomic mass is 79.9. The van der Waals surface area contributed by atoms with Crippen LogP contribution in [0, 0.1) is 0 Å². The number of anilines is 1. The largest absolute Gasteiger partial charge is 0.444 e. The Labute approximate surface area is 124 Å². The molecule has 1 heterocycles. The minimum Gasteiger partial charge on any atom is -0.444 e. The molecule has 20 heavy (non-hydrogen) atoms. The van der Waals surface area contributed by atoms with E-state index in [2.05, 4.69) is 21.2 Å². The molecule has 0 aliphatic heterocycles. The molecule has 8 heteroatoms. The highest BCUT2D eigenvalue weighted by Crippen LogP contribution is 2.33. The summed E-state index contributed by atoms with van der Waals surface area (Å²) in [6, 6.07) is 5.66. The van der Waals surface area contributed by atoms with Crippen molar-refractivity contribution in [3.05, 3.63) is 51.3 Å². The number of carbonyl (C=O) groups excluding carboxylic acids is 1. The smallest absolute Gasteiger partial charge is 0.416 e. The van der Waals surface area contributed by atoms with E-state index in [9.17, 15) is 18.0 Å². The minimum atomic E-state index is -4.54. The predicted molar refractivity (Wildman–Crippen MR) is 70.8 cm³/mol. The Balaban J connectivity index is 2.25. The molecule has 1 aromatic heterocycles. The number of benzene rings is 1. The third-order valence-corrected chi connectivity index (χ3v) is 2.92. The van der Waals surface area contributed by atoms with E-state index >= 15 is 0 Å². The molecule has 2 rings (SSSR count). The van der Waals surface area contributed by atoms with Gasteiger partial charge in [-0.05, 0) is 46.3 Å². The van der Waals surface area contributed by atoms with Crippen LogP contribution >= 0.6 is 27.5 Å². The number of amides is 1. The van der Waals surface area contributed by atoms with Gasteiger partial charge in [0.25, 0.3) is 5.91 Å². The number of furan rings is 1. The van der Waals surface area contributed by atoms with E-state index in [1.807, 2.05) is 0 Å². The van der Waals surface area contributed by atoms with Gasteiger partial charge in [-0.3, -0.25) is 4.79 Å². The van der Waals surface area contributed by atoms with Crippen LogP contribution in [-0.4, -0.2) is 5.91 Å². The van der Waals surface area contributed by atoms with Gasteiger partial charge in [0, 0.05) is 10.7 Å². The zero-order valence-electron chi connectivity index (χ0n) is 9.59. The fraction of sp³-hybridized carbons (Fsp3) is 0.0833. The second kappa shape index (κ2) is 5.49.